The minimum Gasteiger partial charge on any atom is -0.481 e. The number of ether oxygens (including phenoxy) is 2. The second-order valence-electron chi connectivity index (χ2n) is 4.68. The number of rotatable bonds is 6. The summed E-state index contributed by atoms with van der Waals surface area (Å²) < 4.78 is 10.1. The van der Waals surface area contributed by atoms with E-state index in [2.05, 4.69) is 5.32 Å². The van der Waals surface area contributed by atoms with Crippen LogP contribution in [0.15, 0.2) is 0 Å². The molecule has 0 heterocycles. The Bertz CT molecular complexity index is 303. The van der Waals surface area contributed by atoms with Gasteiger partial charge < -0.3 is 19.9 Å². The van der Waals surface area contributed by atoms with Gasteiger partial charge in [-0.2, -0.15) is 0 Å². The third-order valence-corrected chi connectivity index (χ3v) is 3.40. The van der Waals surface area contributed by atoms with E-state index in [1.54, 1.807) is 6.92 Å². The highest BCUT2D eigenvalue weighted by atomic mass is 16.7. The summed E-state index contributed by atoms with van der Waals surface area (Å²) in [5.41, 5.74) is 0. The molecule has 0 bridgehead atoms. The van der Waals surface area contributed by atoms with Crippen molar-refractivity contribution in [1.29, 1.82) is 0 Å². The van der Waals surface area contributed by atoms with Crippen molar-refractivity contribution in [2.45, 2.75) is 38.5 Å². The molecule has 1 saturated carbocycles. The molecule has 0 saturated heterocycles. The van der Waals surface area contributed by atoms with Crippen LogP contribution in [0.3, 0.4) is 0 Å². The molecule has 0 aromatic carbocycles. The fourth-order valence-corrected chi connectivity index (χ4v) is 2.36. The lowest BCUT2D eigenvalue weighted by atomic mass is 10.0. The van der Waals surface area contributed by atoms with Gasteiger partial charge in [0, 0.05) is 20.1 Å². The van der Waals surface area contributed by atoms with Gasteiger partial charge in [0.05, 0.1) is 12.0 Å². The van der Waals surface area contributed by atoms with Crippen LogP contribution in [-0.2, 0) is 19.1 Å². The highest BCUT2D eigenvalue weighted by Gasteiger charge is 2.34. The molecule has 3 unspecified atom stereocenters. The number of aliphatic carboxylic acids is 1. The highest BCUT2D eigenvalue weighted by Crippen LogP contribution is 2.31. The molecule has 6 heteroatoms. The fraction of sp³-hybridized carbons (Fsp3) is 0.833. The summed E-state index contributed by atoms with van der Waals surface area (Å²) in [6.45, 7) is 1.79. The first-order valence-corrected chi connectivity index (χ1v) is 6.08. The first-order chi connectivity index (χ1) is 8.49. The van der Waals surface area contributed by atoms with Crippen molar-refractivity contribution in [1.82, 2.24) is 5.32 Å². The predicted molar refractivity (Wildman–Crippen MR) is 63.9 cm³/mol. The number of amides is 1. The maximum atomic E-state index is 11.9. The van der Waals surface area contributed by atoms with E-state index in [4.69, 9.17) is 14.6 Å². The lowest BCUT2D eigenvalue weighted by Gasteiger charge is -2.23. The first-order valence-electron chi connectivity index (χ1n) is 6.08. The van der Waals surface area contributed by atoms with Gasteiger partial charge >= 0.3 is 5.97 Å². The van der Waals surface area contributed by atoms with E-state index in [0.29, 0.717) is 19.3 Å². The molecule has 1 fully saturated rings. The molecule has 0 aliphatic heterocycles. The van der Waals surface area contributed by atoms with Crippen LogP contribution in [0.25, 0.3) is 0 Å². The predicted octanol–water partition coefficient (Wildman–Crippen LogP) is 0.611. The first kappa shape index (κ1) is 14.9. The number of carboxylic acids is 1. The summed E-state index contributed by atoms with van der Waals surface area (Å²) in [5.74, 6) is -1.55. The van der Waals surface area contributed by atoms with Gasteiger partial charge in [0.2, 0.25) is 5.91 Å². The van der Waals surface area contributed by atoms with Crippen LogP contribution in [0, 0.1) is 11.8 Å². The van der Waals surface area contributed by atoms with Crippen LogP contribution in [0.2, 0.25) is 0 Å². The minimum absolute atomic E-state index is 0.120. The van der Waals surface area contributed by atoms with Crippen LogP contribution in [-0.4, -0.2) is 43.5 Å². The summed E-state index contributed by atoms with van der Waals surface area (Å²) in [7, 11) is 3.01. The second-order valence-corrected chi connectivity index (χ2v) is 4.68. The largest absolute Gasteiger partial charge is 0.481 e. The average Bonchev–Trinajstić information content (AvgIpc) is 2.79. The van der Waals surface area contributed by atoms with Crippen LogP contribution >= 0.6 is 0 Å². The summed E-state index contributed by atoms with van der Waals surface area (Å²) in [4.78, 5) is 22.8. The molecule has 18 heavy (non-hydrogen) atoms. The van der Waals surface area contributed by atoms with Gasteiger partial charge in [-0.15, -0.1) is 0 Å². The normalized spacial score (nSPS) is 25.1. The van der Waals surface area contributed by atoms with Crippen LogP contribution in [0.5, 0.6) is 0 Å². The number of hydrogen-bond acceptors (Lipinski definition) is 4. The Balaban J connectivity index is 2.44. The monoisotopic (exact) mass is 259 g/mol. The van der Waals surface area contributed by atoms with Gasteiger partial charge in [0.25, 0.3) is 0 Å². The molecule has 3 atom stereocenters. The van der Waals surface area contributed by atoms with Crippen molar-refractivity contribution in [3.8, 4) is 0 Å². The van der Waals surface area contributed by atoms with Gasteiger partial charge in [-0.05, 0) is 26.2 Å². The number of carbonyl (C=O) groups is 2. The maximum Gasteiger partial charge on any atom is 0.306 e. The van der Waals surface area contributed by atoms with E-state index in [-0.39, 0.29) is 17.9 Å². The molecule has 1 aliphatic carbocycles. The zero-order valence-corrected chi connectivity index (χ0v) is 11.0. The van der Waals surface area contributed by atoms with E-state index >= 15 is 0 Å². The Hall–Kier alpha value is -1.14. The van der Waals surface area contributed by atoms with Crippen LogP contribution < -0.4 is 5.32 Å². The van der Waals surface area contributed by atoms with Crippen molar-refractivity contribution in [3.05, 3.63) is 0 Å². The third-order valence-electron chi connectivity index (χ3n) is 3.40. The van der Waals surface area contributed by atoms with E-state index in [1.807, 2.05) is 0 Å². The molecular formula is C12H21NO5. The second kappa shape index (κ2) is 6.70. The Labute approximate surface area is 107 Å². The van der Waals surface area contributed by atoms with Gasteiger partial charge in [-0.25, -0.2) is 0 Å². The zero-order valence-electron chi connectivity index (χ0n) is 11.0. The smallest absolute Gasteiger partial charge is 0.306 e. The van der Waals surface area contributed by atoms with Crippen LogP contribution in [0.4, 0.5) is 0 Å². The van der Waals surface area contributed by atoms with Gasteiger partial charge in [0.1, 0.15) is 0 Å². The summed E-state index contributed by atoms with van der Waals surface area (Å²) >= 11 is 0. The van der Waals surface area contributed by atoms with E-state index in [1.165, 1.54) is 14.2 Å². The van der Waals surface area contributed by atoms with E-state index in [0.717, 1.165) is 0 Å². The molecule has 0 aromatic rings. The topological polar surface area (TPSA) is 84.9 Å². The van der Waals surface area contributed by atoms with E-state index in [9.17, 15) is 9.59 Å². The standard InChI is InChI=1S/C12H21NO5/c1-7(12(17-2)18-3)13-10(14)8-4-5-9(6-8)11(15)16/h7-9,12H,4-6H2,1-3H3,(H,13,14)(H,15,16). The Morgan fingerprint density at radius 3 is 2.22 bits per heavy atom. The molecule has 2 N–H and O–H groups in total. The lowest BCUT2D eigenvalue weighted by Crippen LogP contribution is -2.45. The van der Waals surface area contributed by atoms with Gasteiger partial charge in [-0.1, -0.05) is 0 Å². The fourth-order valence-electron chi connectivity index (χ4n) is 2.36. The third kappa shape index (κ3) is 3.68. The summed E-state index contributed by atoms with van der Waals surface area (Å²) in [6, 6.07) is -0.267. The molecule has 104 valence electrons. The summed E-state index contributed by atoms with van der Waals surface area (Å²) in [5, 5.41) is 11.7. The average molecular weight is 259 g/mol. The van der Waals surface area contributed by atoms with Gasteiger partial charge in [0.15, 0.2) is 6.29 Å². The number of hydrogen-bond donors (Lipinski definition) is 2. The van der Waals surface area contributed by atoms with Crippen LogP contribution in [0.1, 0.15) is 26.2 Å². The zero-order chi connectivity index (χ0) is 13.7. The van der Waals surface area contributed by atoms with Crippen molar-refractivity contribution in [3.63, 3.8) is 0 Å². The SMILES string of the molecule is COC(OC)C(C)NC(=O)C1CCC(C(=O)O)C1. The Morgan fingerprint density at radius 2 is 1.78 bits per heavy atom. The number of nitrogens with one attached hydrogen (secondary N) is 1. The molecule has 6 nitrogen and oxygen atoms in total. The van der Waals surface area contributed by atoms with E-state index < -0.39 is 18.2 Å². The van der Waals surface area contributed by atoms with Crippen molar-refractivity contribution < 1.29 is 24.2 Å². The molecular weight excluding hydrogens is 238 g/mol. The maximum absolute atomic E-state index is 11.9. The quantitative estimate of drug-likeness (QED) is 0.683. The molecule has 0 spiro atoms. The molecule has 1 rings (SSSR count). The summed E-state index contributed by atoms with van der Waals surface area (Å²) in [6.07, 6.45) is 1.11. The molecule has 0 radical (unpaired) electrons. The van der Waals surface area contributed by atoms with Crippen molar-refractivity contribution in [2.75, 3.05) is 14.2 Å². The number of carboxylic acid groups (broad SMARTS) is 1. The number of carbonyl (C=O) groups excluding carboxylic acids is 1. The van der Waals surface area contributed by atoms with Crippen molar-refractivity contribution in [2.24, 2.45) is 11.8 Å². The molecule has 0 aromatic heterocycles. The van der Waals surface area contributed by atoms with Crippen molar-refractivity contribution >= 4 is 11.9 Å². The molecule has 1 aliphatic rings. The Kier molecular flexibility index (Phi) is 5.55. The lowest BCUT2D eigenvalue weighted by molar-refractivity contribution is -0.142. The number of methoxy groups -OCH3 is 2. The van der Waals surface area contributed by atoms with Gasteiger partial charge in [-0.3, -0.25) is 9.59 Å². The minimum atomic E-state index is -0.815. The molecule has 1 amide bonds. The Morgan fingerprint density at radius 1 is 1.22 bits per heavy atom. The highest BCUT2D eigenvalue weighted by molar-refractivity contribution is 5.81.